The topological polar surface area (TPSA) is 18.5 Å². The van der Waals surface area contributed by atoms with E-state index in [9.17, 15) is 0 Å². The highest BCUT2D eigenvalue weighted by molar-refractivity contribution is 7.11. The molecule has 0 bridgehead atoms. The van der Waals surface area contributed by atoms with Gasteiger partial charge in [0, 0.05) is 15.3 Å². The van der Waals surface area contributed by atoms with Crippen LogP contribution in [-0.4, -0.2) is 6.61 Å². The lowest BCUT2D eigenvalue weighted by atomic mass is 10.2. The van der Waals surface area contributed by atoms with E-state index in [4.69, 9.17) is 21.1 Å². The van der Waals surface area contributed by atoms with Crippen molar-refractivity contribution in [3.8, 4) is 11.5 Å². The Hall–Kier alpha value is -1.19. The zero-order valence-corrected chi connectivity index (χ0v) is 13.4. The zero-order chi connectivity index (χ0) is 14.4. The first-order chi connectivity index (χ1) is 9.78. The van der Waals surface area contributed by atoms with Crippen molar-refractivity contribution in [2.24, 2.45) is 0 Å². The maximum absolute atomic E-state index is 5.98. The van der Waals surface area contributed by atoms with Crippen LogP contribution in [0.15, 0.2) is 30.3 Å². The minimum Gasteiger partial charge on any atom is -0.490 e. The van der Waals surface area contributed by atoms with Gasteiger partial charge < -0.3 is 9.47 Å². The average Bonchev–Trinajstić information content (AvgIpc) is 2.94. The van der Waals surface area contributed by atoms with Crippen molar-refractivity contribution in [3.05, 3.63) is 45.6 Å². The molecule has 0 aliphatic carbocycles. The Morgan fingerprint density at radius 2 is 1.85 bits per heavy atom. The summed E-state index contributed by atoms with van der Waals surface area (Å²) in [5, 5.41) is 0. The molecule has 2 aromatic rings. The summed E-state index contributed by atoms with van der Waals surface area (Å²) in [7, 11) is 0. The second kappa shape index (κ2) is 7.55. The smallest absolute Gasteiger partial charge is 0.166 e. The van der Waals surface area contributed by atoms with E-state index in [-0.39, 0.29) is 0 Å². The number of ether oxygens (including phenoxy) is 2. The van der Waals surface area contributed by atoms with Crippen LogP contribution >= 0.6 is 22.9 Å². The third-order valence-corrected chi connectivity index (χ3v) is 4.42. The first kappa shape index (κ1) is 15.2. The van der Waals surface area contributed by atoms with Gasteiger partial charge in [-0.2, -0.15) is 0 Å². The number of halogens is 1. The molecule has 4 heteroatoms. The summed E-state index contributed by atoms with van der Waals surface area (Å²) >= 11 is 7.77. The van der Waals surface area contributed by atoms with Crippen LogP contribution < -0.4 is 9.47 Å². The highest BCUT2D eigenvalue weighted by Gasteiger charge is 2.11. The lowest BCUT2D eigenvalue weighted by molar-refractivity contribution is 0.269. The van der Waals surface area contributed by atoms with E-state index < -0.39 is 0 Å². The van der Waals surface area contributed by atoms with Crippen LogP contribution in [0.25, 0.3) is 0 Å². The number of benzene rings is 1. The monoisotopic (exact) mass is 310 g/mol. The Morgan fingerprint density at radius 1 is 1.05 bits per heavy atom. The van der Waals surface area contributed by atoms with E-state index in [1.165, 1.54) is 9.75 Å². The normalized spacial score (nSPS) is 10.6. The molecule has 1 heterocycles. The van der Waals surface area contributed by atoms with E-state index in [1.807, 2.05) is 25.1 Å². The Balaban J connectivity index is 2.14. The maximum atomic E-state index is 5.98. The first-order valence-corrected chi connectivity index (χ1v) is 8.14. The van der Waals surface area contributed by atoms with Gasteiger partial charge in [0.2, 0.25) is 0 Å². The molecular weight excluding hydrogens is 292 g/mol. The number of alkyl halides is 1. The van der Waals surface area contributed by atoms with Gasteiger partial charge in [-0.05, 0) is 31.5 Å². The Morgan fingerprint density at radius 3 is 2.50 bits per heavy atom. The molecule has 0 saturated carbocycles. The Kier molecular flexibility index (Phi) is 5.74. The van der Waals surface area contributed by atoms with Crippen LogP contribution in [0.1, 0.15) is 29.2 Å². The summed E-state index contributed by atoms with van der Waals surface area (Å²) in [6.07, 6.45) is 1.06. The average molecular weight is 311 g/mol. The van der Waals surface area contributed by atoms with Gasteiger partial charge in [0.25, 0.3) is 0 Å². The first-order valence-electron chi connectivity index (χ1n) is 6.79. The fraction of sp³-hybridized carbons (Fsp3) is 0.375. The van der Waals surface area contributed by atoms with E-state index in [0.29, 0.717) is 19.1 Å². The zero-order valence-electron chi connectivity index (χ0n) is 11.8. The molecule has 20 heavy (non-hydrogen) atoms. The lowest BCUT2D eigenvalue weighted by Crippen LogP contribution is -2.01. The largest absolute Gasteiger partial charge is 0.490 e. The third kappa shape index (κ3) is 3.68. The van der Waals surface area contributed by atoms with Crippen LogP contribution in [0, 0.1) is 0 Å². The Labute approximate surface area is 129 Å². The van der Waals surface area contributed by atoms with Gasteiger partial charge in [-0.25, -0.2) is 0 Å². The molecule has 0 unspecified atom stereocenters. The van der Waals surface area contributed by atoms with Crippen molar-refractivity contribution in [1.82, 2.24) is 0 Å². The molecule has 0 fully saturated rings. The molecule has 2 nitrogen and oxygen atoms in total. The summed E-state index contributed by atoms with van der Waals surface area (Å²) in [6.45, 7) is 5.29. The number of aryl methyl sites for hydroxylation is 1. The SMILES string of the molecule is CCOc1cccc(CCl)c1OCc1ccc(CC)s1. The van der Waals surface area contributed by atoms with Gasteiger partial charge in [-0.1, -0.05) is 19.1 Å². The quantitative estimate of drug-likeness (QED) is 0.668. The van der Waals surface area contributed by atoms with Crippen molar-refractivity contribution in [2.45, 2.75) is 32.8 Å². The summed E-state index contributed by atoms with van der Waals surface area (Å²) in [6, 6.07) is 10.1. The van der Waals surface area contributed by atoms with Crippen molar-refractivity contribution in [3.63, 3.8) is 0 Å². The van der Waals surface area contributed by atoms with Crippen LogP contribution in [0.3, 0.4) is 0 Å². The third-order valence-electron chi connectivity index (χ3n) is 2.93. The van der Waals surface area contributed by atoms with Gasteiger partial charge in [-0.15, -0.1) is 22.9 Å². The molecule has 0 N–H and O–H groups in total. The standard InChI is InChI=1S/C16H19ClO2S/c1-3-13-8-9-14(20-13)11-19-16-12(10-17)6-5-7-15(16)18-4-2/h5-9H,3-4,10-11H2,1-2H3. The molecule has 0 amide bonds. The number of hydrogen-bond donors (Lipinski definition) is 0. The van der Waals surface area contributed by atoms with Crippen LogP contribution in [0.5, 0.6) is 11.5 Å². The summed E-state index contributed by atoms with van der Waals surface area (Å²) in [4.78, 5) is 2.59. The molecule has 1 aromatic heterocycles. The molecule has 1 aromatic carbocycles. The van der Waals surface area contributed by atoms with Crippen LogP contribution in [0.4, 0.5) is 0 Å². The molecule has 0 saturated heterocycles. The van der Waals surface area contributed by atoms with Crippen molar-refractivity contribution in [2.75, 3.05) is 6.61 Å². The minimum atomic E-state index is 0.418. The molecule has 0 radical (unpaired) electrons. The van der Waals surface area contributed by atoms with Crippen molar-refractivity contribution >= 4 is 22.9 Å². The predicted molar refractivity (Wildman–Crippen MR) is 85.2 cm³/mol. The van der Waals surface area contributed by atoms with Gasteiger partial charge in [-0.3, -0.25) is 0 Å². The van der Waals surface area contributed by atoms with Gasteiger partial charge in [0.05, 0.1) is 12.5 Å². The molecule has 0 aliphatic heterocycles. The number of para-hydroxylation sites is 1. The molecule has 0 spiro atoms. The molecule has 2 rings (SSSR count). The van der Waals surface area contributed by atoms with Gasteiger partial charge in [0.1, 0.15) is 6.61 Å². The number of thiophene rings is 1. The summed E-state index contributed by atoms with van der Waals surface area (Å²) in [5.41, 5.74) is 0.963. The summed E-state index contributed by atoms with van der Waals surface area (Å²) in [5.74, 6) is 1.94. The fourth-order valence-electron chi connectivity index (χ4n) is 1.93. The minimum absolute atomic E-state index is 0.418. The molecule has 0 aliphatic rings. The van der Waals surface area contributed by atoms with Crippen LogP contribution in [0.2, 0.25) is 0 Å². The number of hydrogen-bond acceptors (Lipinski definition) is 3. The van der Waals surface area contributed by atoms with Gasteiger partial charge in [0.15, 0.2) is 11.5 Å². The molecule has 108 valence electrons. The maximum Gasteiger partial charge on any atom is 0.166 e. The second-order valence-electron chi connectivity index (χ2n) is 4.32. The highest BCUT2D eigenvalue weighted by atomic mass is 35.5. The predicted octanol–water partition coefficient (Wildman–Crippen LogP) is 5.03. The number of rotatable bonds is 7. The van der Waals surface area contributed by atoms with E-state index in [2.05, 4.69) is 19.1 Å². The van der Waals surface area contributed by atoms with Crippen molar-refractivity contribution in [1.29, 1.82) is 0 Å². The van der Waals surface area contributed by atoms with E-state index >= 15 is 0 Å². The second-order valence-corrected chi connectivity index (χ2v) is 5.84. The van der Waals surface area contributed by atoms with Gasteiger partial charge >= 0.3 is 0 Å². The van der Waals surface area contributed by atoms with E-state index in [1.54, 1.807) is 11.3 Å². The van der Waals surface area contributed by atoms with Crippen molar-refractivity contribution < 1.29 is 9.47 Å². The van der Waals surface area contributed by atoms with E-state index in [0.717, 1.165) is 23.5 Å². The lowest BCUT2D eigenvalue weighted by Gasteiger charge is -2.14. The Bertz CT molecular complexity index is 551. The van der Waals surface area contributed by atoms with Crippen LogP contribution in [-0.2, 0) is 18.9 Å². The molecular formula is C16H19ClO2S. The highest BCUT2D eigenvalue weighted by Crippen LogP contribution is 2.33. The summed E-state index contributed by atoms with van der Waals surface area (Å²) < 4.78 is 11.6. The molecule has 0 atom stereocenters. The fourth-order valence-corrected chi connectivity index (χ4v) is 3.01.